The van der Waals surface area contributed by atoms with Crippen LogP contribution < -0.4 is 0 Å². The molecule has 0 aliphatic rings. The summed E-state index contributed by atoms with van der Waals surface area (Å²) in [6.45, 7) is 4.41. The van der Waals surface area contributed by atoms with Crippen molar-refractivity contribution in [2.45, 2.75) is 33.2 Å². The van der Waals surface area contributed by atoms with E-state index in [9.17, 15) is 4.79 Å². The van der Waals surface area contributed by atoms with Gasteiger partial charge >= 0.3 is 5.97 Å². The fourth-order valence-corrected chi connectivity index (χ4v) is 2.02. The van der Waals surface area contributed by atoms with Crippen molar-refractivity contribution < 1.29 is 9.90 Å². The van der Waals surface area contributed by atoms with Gasteiger partial charge in [0, 0.05) is 7.05 Å². The number of carboxylic acid groups (broad SMARTS) is 1. The molecule has 19 heavy (non-hydrogen) atoms. The molecule has 0 unspecified atom stereocenters. The van der Waals surface area contributed by atoms with Gasteiger partial charge in [0.2, 0.25) is 0 Å². The van der Waals surface area contributed by atoms with Crippen molar-refractivity contribution in [3.63, 3.8) is 0 Å². The van der Waals surface area contributed by atoms with Crippen LogP contribution in [-0.4, -0.2) is 35.9 Å². The van der Waals surface area contributed by atoms with Crippen LogP contribution in [-0.2, 0) is 26.4 Å². The molecule has 1 N–H and O–H groups in total. The molecule has 2 heterocycles. The number of aromatic nitrogens is 5. The van der Waals surface area contributed by atoms with Crippen molar-refractivity contribution in [1.29, 1.82) is 0 Å². The van der Waals surface area contributed by atoms with Crippen LogP contribution in [0.25, 0.3) is 0 Å². The second-order valence-electron chi connectivity index (χ2n) is 4.31. The van der Waals surface area contributed by atoms with E-state index >= 15 is 0 Å². The summed E-state index contributed by atoms with van der Waals surface area (Å²) < 4.78 is 3.42. The number of carbonyl (C=O) groups is 1. The molecule has 102 valence electrons. The highest BCUT2D eigenvalue weighted by atomic mass is 16.4. The predicted octanol–water partition coefficient (Wildman–Crippen LogP) is 0.883. The smallest absolute Gasteiger partial charge is 0.358 e. The normalized spacial score (nSPS) is 10.9. The van der Waals surface area contributed by atoms with E-state index in [1.54, 1.807) is 9.36 Å². The molecule has 2 aromatic rings. The van der Waals surface area contributed by atoms with Crippen LogP contribution in [0.5, 0.6) is 0 Å². The van der Waals surface area contributed by atoms with Crippen LogP contribution in [0.2, 0.25) is 0 Å². The van der Waals surface area contributed by atoms with Gasteiger partial charge in [0.25, 0.3) is 0 Å². The number of nitrogens with zero attached hydrogens (tertiary/aromatic N) is 5. The molecule has 0 saturated heterocycles. The van der Waals surface area contributed by atoms with Gasteiger partial charge < -0.3 is 5.11 Å². The van der Waals surface area contributed by atoms with Gasteiger partial charge in [0.15, 0.2) is 5.69 Å². The van der Waals surface area contributed by atoms with Gasteiger partial charge in [0.05, 0.1) is 23.6 Å². The first kappa shape index (κ1) is 13.3. The fourth-order valence-electron chi connectivity index (χ4n) is 2.02. The van der Waals surface area contributed by atoms with E-state index in [0.717, 1.165) is 17.8 Å². The van der Waals surface area contributed by atoms with Gasteiger partial charge in [-0.25, -0.2) is 9.48 Å². The summed E-state index contributed by atoms with van der Waals surface area (Å²) in [6, 6.07) is 2.00. The van der Waals surface area contributed by atoms with Gasteiger partial charge in [-0.1, -0.05) is 19.1 Å². The molecular formula is C12H17N5O2. The van der Waals surface area contributed by atoms with E-state index in [4.69, 9.17) is 5.11 Å². The van der Waals surface area contributed by atoms with Crippen LogP contribution in [0.4, 0.5) is 0 Å². The molecule has 7 heteroatoms. The maximum atomic E-state index is 11.0. The first-order valence-corrected chi connectivity index (χ1v) is 6.24. The van der Waals surface area contributed by atoms with Crippen molar-refractivity contribution in [3.05, 3.63) is 28.8 Å². The molecular weight excluding hydrogens is 246 g/mol. The lowest BCUT2D eigenvalue weighted by Crippen LogP contribution is -2.11. The Bertz CT molecular complexity index is 599. The highest BCUT2D eigenvalue weighted by Gasteiger charge is 2.18. The monoisotopic (exact) mass is 263 g/mol. The Morgan fingerprint density at radius 2 is 2.11 bits per heavy atom. The van der Waals surface area contributed by atoms with E-state index in [-0.39, 0.29) is 5.69 Å². The molecule has 0 bridgehead atoms. The largest absolute Gasteiger partial charge is 0.476 e. The molecule has 7 nitrogen and oxygen atoms in total. The van der Waals surface area contributed by atoms with Crippen molar-refractivity contribution in [2.75, 3.05) is 0 Å². The Labute approximate surface area is 110 Å². The summed E-state index contributed by atoms with van der Waals surface area (Å²) in [5, 5.41) is 21.0. The average molecular weight is 263 g/mol. The zero-order valence-electron chi connectivity index (χ0n) is 11.3. The summed E-state index contributed by atoms with van der Waals surface area (Å²) in [5.74, 6) is -1.04. The minimum Gasteiger partial charge on any atom is -0.476 e. The van der Waals surface area contributed by atoms with Crippen molar-refractivity contribution in [2.24, 2.45) is 7.05 Å². The van der Waals surface area contributed by atoms with Gasteiger partial charge in [-0.15, -0.1) is 5.10 Å². The third-order valence-electron chi connectivity index (χ3n) is 3.08. The molecule has 0 amide bonds. The SMILES string of the molecule is CCc1cc(Cn2nnc(C(=O)O)c2CC)n(C)n1. The Hall–Kier alpha value is -2.18. The molecule has 0 aliphatic carbocycles. The molecule has 0 spiro atoms. The maximum Gasteiger partial charge on any atom is 0.358 e. The van der Waals surface area contributed by atoms with Gasteiger partial charge in [-0.3, -0.25) is 4.68 Å². The fraction of sp³-hybridized carbons (Fsp3) is 0.500. The Kier molecular flexibility index (Phi) is 3.64. The Morgan fingerprint density at radius 1 is 1.37 bits per heavy atom. The second kappa shape index (κ2) is 5.21. The summed E-state index contributed by atoms with van der Waals surface area (Å²) in [4.78, 5) is 11.0. The molecule has 0 aliphatic heterocycles. The zero-order chi connectivity index (χ0) is 14.0. The first-order valence-electron chi connectivity index (χ1n) is 6.24. The predicted molar refractivity (Wildman–Crippen MR) is 68.0 cm³/mol. The maximum absolute atomic E-state index is 11.0. The summed E-state index contributed by atoms with van der Waals surface area (Å²) in [5.41, 5.74) is 2.65. The number of hydrogen-bond acceptors (Lipinski definition) is 4. The van der Waals surface area contributed by atoms with E-state index in [1.807, 2.05) is 27.0 Å². The molecule has 0 radical (unpaired) electrons. The van der Waals surface area contributed by atoms with E-state index in [2.05, 4.69) is 15.4 Å². The Morgan fingerprint density at radius 3 is 2.63 bits per heavy atom. The number of aromatic carboxylic acids is 1. The van der Waals surface area contributed by atoms with Crippen molar-refractivity contribution in [1.82, 2.24) is 24.8 Å². The lowest BCUT2D eigenvalue weighted by atomic mass is 10.2. The topological polar surface area (TPSA) is 85.8 Å². The summed E-state index contributed by atoms with van der Waals surface area (Å²) in [7, 11) is 1.87. The van der Waals surface area contributed by atoms with Crippen LogP contribution in [0, 0.1) is 0 Å². The van der Waals surface area contributed by atoms with E-state index in [1.165, 1.54) is 0 Å². The Balaban J connectivity index is 2.32. The molecule has 2 rings (SSSR count). The molecule has 0 saturated carbocycles. The van der Waals surface area contributed by atoms with Crippen LogP contribution in [0.15, 0.2) is 6.07 Å². The number of hydrogen-bond donors (Lipinski definition) is 1. The minimum atomic E-state index is -1.04. The van der Waals surface area contributed by atoms with Crippen LogP contribution in [0.3, 0.4) is 0 Å². The highest BCUT2D eigenvalue weighted by molar-refractivity contribution is 5.86. The number of rotatable bonds is 5. The molecule has 2 aromatic heterocycles. The van der Waals surface area contributed by atoms with E-state index in [0.29, 0.717) is 18.7 Å². The molecule has 0 fully saturated rings. The van der Waals surface area contributed by atoms with Crippen LogP contribution >= 0.6 is 0 Å². The zero-order valence-corrected chi connectivity index (χ0v) is 11.3. The highest BCUT2D eigenvalue weighted by Crippen LogP contribution is 2.11. The minimum absolute atomic E-state index is 0.0281. The van der Waals surface area contributed by atoms with Crippen LogP contribution in [0.1, 0.15) is 41.4 Å². The van der Waals surface area contributed by atoms with Gasteiger partial charge in [-0.05, 0) is 18.9 Å². The van der Waals surface area contributed by atoms with Gasteiger partial charge in [0.1, 0.15) is 0 Å². The quantitative estimate of drug-likeness (QED) is 0.865. The van der Waals surface area contributed by atoms with E-state index < -0.39 is 5.97 Å². The third-order valence-corrected chi connectivity index (χ3v) is 3.08. The lowest BCUT2D eigenvalue weighted by Gasteiger charge is -2.05. The second-order valence-corrected chi connectivity index (χ2v) is 4.31. The lowest BCUT2D eigenvalue weighted by molar-refractivity contribution is 0.0689. The number of carboxylic acids is 1. The average Bonchev–Trinajstić information content (AvgIpc) is 2.94. The standard InChI is InChI=1S/C12H17N5O2/c1-4-8-6-9(16(3)14-8)7-17-10(5-2)11(12(18)19)13-15-17/h6H,4-5,7H2,1-3H3,(H,18,19). The summed E-state index contributed by atoms with van der Waals surface area (Å²) in [6.07, 6.45) is 1.44. The molecule has 0 aromatic carbocycles. The third kappa shape index (κ3) is 2.49. The summed E-state index contributed by atoms with van der Waals surface area (Å²) >= 11 is 0. The first-order chi connectivity index (χ1) is 9.06. The van der Waals surface area contributed by atoms with Crippen molar-refractivity contribution in [3.8, 4) is 0 Å². The van der Waals surface area contributed by atoms with Crippen molar-refractivity contribution >= 4 is 5.97 Å². The molecule has 0 atom stereocenters. The number of aryl methyl sites for hydroxylation is 2. The van der Waals surface area contributed by atoms with Gasteiger partial charge in [-0.2, -0.15) is 5.10 Å².